The largest absolute Gasteiger partial charge is 0.495 e. The van der Waals surface area contributed by atoms with Gasteiger partial charge in [0.05, 0.1) is 17.7 Å². The second-order valence-corrected chi connectivity index (χ2v) is 11.8. The fourth-order valence-corrected chi connectivity index (χ4v) is 4.92. The van der Waals surface area contributed by atoms with Crippen LogP contribution >= 0.6 is 0 Å². The average Bonchev–Trinajstić information content (AvgIpc) is 3.16. The Morgan fingerprint density at radius 3 is 2.25 bits per heavy atom. The first-order chi connectivity index (χ1) is 16.6. The maximum atomic E-state index is 15.3. The monoisotopic (exact) mass is 497 g/mol. The van der Waals surface area contributed by atoms with Crippen LogP contribution in [0.25, 0.3) is 0 Å². The molecule has 2 aromatic carbocycles. The molecule has 0 radical (unpaired) electrons. The summed E-state index contributed by atoms with van der Waals surface area (Å²) in [5.41, 5.74) is 0.00259. The summed E-state index contributed by atoms with van der Waals surface area (Å²) in [4.78, 5) is 12.6. The molecule has 1 saturated heterocycles. The van der Waals surface area contributed by atoms with Crippen molar-refractivity contribution in [2.75, 3.05) is 6.54 Å². The number of alkyl carbamates (subject to hydrolysis) is 1. The van der Waals surface area contributed by atoms with Gasteiger partial charge in [0.2, 0.25) is 0 Å². The summed E-state index contributed by atoms with van der Waals surface area (Å²) < 4.78 is 40.0. The van der Waals surface area contributed by atoms with Crippen LogP contribution in [0.4, 0.5) is 9.18 Å². The quantitative estimate of drug-likeness (QED) is 0.577. The number of fused-ring (bicyclic) bond motifs is 1. The molecule has 8 heteroatoms. The van der Waals surface area contributed by atoms with E-state index in [2.05, 4.69) is 5.32 Å². The van der Waals surface area contributed by atoms with Crippen molar-refractivity contribution in [2.24, 2.45) is 0 Å². The molecule has 6 nitrogen and oxygen atoms in total. The van der Waals surface area contributed by atoms with E-state index in [1.807, 2.05) is 85.7 Å². The fourth-order valence-electron chi connectivity index (χ4n) is 4.92. The molecule has 4 rings (SSSR count). The van der Waals surface area contributed by atoms with E-state index < -0.39 is 41.4 Å². The predicted octanol–water partition coefficient (Wildman–Crippen LogP) is 5.35. The number of rotatable bonds is 4. The molecule has 2 aromatic rings. The van der Waals surface area contributed by atoms with E-state index in [1.54, 1.807) is 6.92 Å². The minimum atomic E-state index is -0.987. The molecule has 2 aliphatic heterocycles. The summed E-state index contributed by atoms with van der Waals surface area (Å²) in [6.07, 6.45) is -0.543. The van der Waals surface area contributed by atoms with Crippen molar-refractivity contribution in [3.63, 3.8) is 0 Å². The van der Waals surface area contributed by atoms with E-state index in [1.165, 1.54) is 6.07 Å². The lowest BCUT2D eigenvalue weighted by Crippen LogP contribution is -2.48. The second-order valence-electron chi connectivity index (χ2n) is 11.8. The molecule has 2 heterocycles. The molecule has 0 aliphatic carbocycles. The van der Waals surface area contributed by atoms with Gasteiger partial charge in [-0.25, -0.2) is 9.18 Å². The Hall–Kier alpha value is -2.58. The molecule has 2 atom stereocenters. The number of hydrogen-bond acceptors (Lipinski definition) is 5. The smallest absolute Gasteiger partial charge is 0.480 e. The minimum Gasteiger partial charge on any atom is -0.480 e. The van der Waals surface area contributed by atoms with Crippen LogP contribution < -0.4 is 15.5 Å². The van der Waals surface area contributed by atoms with E-state index >= 15 is 4.39 Å². The highest BCUT2D eigenvalue weighted by Crippen LogP contribution is 2.51. The lowest BCUT2D eigenvalue weighted by Gasteiger charge is -2.34. The van der Waals surface area contributed by atoms with Gasteiger partial charge in [-0.15, -0.1) is 0 Å². The van der Waals surface area contributed by atoms with Gasteiger partial charge in [-0.2, -0.15) is 0 Å². The molecule has 1 amide bonds. The first-order valence-electron chi connectivity index (χ1n) is 12.5. The van der Waals surface area contributed by atoms with E-state index in [4.69, 9.17) is 18.8 Å². The molecule has 36 heavy (non-hydrogen) atoms. The topological polar surface area (TPSA) is 66.0 Å². The Balaban J connectivity index is 1.79. The third-order valence-electron chi connectivity index (χ3n) is 7.65. The number of carbonyl (C=O) groups excluding carboxylic acids is 1. The molecule has 0 bridgehead atoms. The van der Waals surface area contributed by atoms with Gasteiger partial charge in [0.1, 0.15) is 17.2 Å². The number of amides is 1. The van der Waals surface area contributed by atoms with Crippen LogP contribution in [0.1, 0.15) is 78.0 Å². The minimum absolute atomic E-state index is 0.130. The van der Waals surface area contributed by atoms with Crippen LogP contribution in [0.5, 0.6) is 5.75 Å². The Morgan fingerprint density at radius 2 is 1.69 bits per heavy atom. The first-order valence-corrected chi connectivity index (χ1v) is 12.5. The Morgan fingerprint density at radius 1 is 1.11 bits per heavy atom. The van der Waals surface area contributed by atoms with Gasteiger partial charge >= 0.3 is 13.2 Å². The van der Waals surface area contributed by atoms with E-state index in [-0.39, 0.29) is 12.5 Å². The SMILES string of the molecule is Cc1c(F)cc2c(c1B1OC(C)(C)C(C)(C)O1)[C@H](C)[C@@](CNC(=O)OC(C)(C)C)(c1ccccc1)O2. The lowest BCUT2D eigenvalue weighted by molar-refractivity contribution is 0.00578. The number of nitrogens with one attached hydrogen (secondary N) is 1. The van der Waals surface area contributed by atoms with Gasteiger partial charge in [0, 0.05) is 17.5 Å². The number of carbonyl (C=O) groups is 1. The standard InChI is InChI=1S/C28H37BFNO5/c1-17-20(30)15-21-22(23(17)29-35-26(6,7)27(8,9)36-29)18(2)28(33-21,19-13-11-10-12-14-19)16-31-24(32)34-25(3,4)5/h10-15,18H,16H2,1-9H3,(H,31,32)/t18-,28-/m0/s1. The second kappa shape index (κ2) is 8.77. The third kappa shape index (κ3) is 4.50. The summed E-state index contributed by atoms with van der Waals surface area (Å²) in [5.74, 6) is -0.238. The Labute approximate surface area is 214 Å². The molecule has 0 aromatic heterocycles. The highest BCUT2D eigenvalue weighted by Gasteiger charge is 2.56. The summed E-state index contributed by atoms with van der Waals surface area (Å²) in [6.45, 7) is 17.2. The first kappa shape index (κ1) is 26.5. The number of hydrogen-bond donors (Lipinski definition) is 1. The average molecular weight is 497 g/mol. The summed E-state index contributed by atoms with van der Waals surface area (Å²) in [6, 6.07) is 11.1. The van der Waals surface area contributed by atoms with Gasteiger partial charge < -0.3 is 24.1 Å². The van der Waals surface area contributed by atoms with Crippen molar-refractivity contribution < 1.29 is 28.0 Å². The maximum Gasteiger partial charge on any atom is 0.495 e. The van der Waals surface area contributed by atoms with Crippen molar-refractivity contribution >= 4 is 18.7 Å². The van der Waals surface area contributed by atoms with Crippen LogP contribution in [-0.4, -0.2) is 36.6 Å². The van der Waals surface area contributed by atoms with E-state index in [0.717, 1.165) is 11.1 Å². The van der Waals surface area contributed by atoms with Crippen molar-refractivity contribution in [3.8, 4) is 5.75 Å². The number of ether oxygens (including phenoxy) is 2. The highest BCUT2D eigenvalue weighted by atomic mass is 19.1. The van der Waals surface area contributed by atoms with Crippen LogP contribution in [0, 0.1) is 12.7 Å². The molecule has 0 unspecified atom stereocenters. The van der Waals surface area contributed by atoms with Gasteiger partial charge in [0.25, 0.3) is 0 Å². The molecular weight excluding hydrogens is 460 g/mol. The molecule has 194 valence electrons. The Kier molecular flexibility index (Phi) is 6.45. The van der Waals surface area contributed by atoms with Gasteiger partial charge in [-0.1, -0.05) is 37.3 Å². The predicted molar refractivity (Wildman–Crippen MR) is 138 cm³/mol. The summed E-state index contributed by atoms with van der Waals surface area (Å²) in [7, 11) is -0.754. The number of benzene rings is 2. The molecule has 1 N–H and O–H groups in total. The van der Waals surface area contributed by atoms with E-state index in [0.29, 0.717) is 16.8 Å². The van der Waals surface area contributed by atoms with Crippen molar-refractivity contribution in [1.29, 1.82) is 0 Å². The fraction of sp³-hybridized carbons (Fsp3) is 0.536. The Bertz CT molecular complexity index is 1140. The van der Waals surface area contributed by atoms with Crippen LogP contribution in [0.2, 0.25) is 0 Å². The van der Waals surface area contributed by atoms with Crippen molar-refractivity contribution in [1.82, 2.24) is 5.32 Å². The van der Waals surface area contributed by atoms with E-state index in [9.17, 15) is 4.79 Å². The molecular formula is C28H37BFNO5. The van der Waals surface area contributed by atoms with Gasteiger partial charge in [-0.3, -0.25) is 0 Å². The third-order valence-corrected chi connectivity index (χ3v) is 7.65. The molecule has 0 saturated carbocycles. The maximum absolute atomic E-state index is 15.3. The van der Waals surface area contributed by atoms with Gasteiger partial charge in [0.15, 0.2) is 5.60 Å². The zero-order valence-electron chi connectivity index (χ0n) is 22.7. The zero-order valence-corrected chi connectivity index (χ0v) is 22.7. The molecule has 2 aliphatic rings. The van der Waals surface area contributed by atoms with Crippen LogP contribution in [0.15, 0.2) is 36.4 Å². The summed E-state index contributed by atoms with van der Waals surface area (Å²) >= 11 is 0. The zero-order chi connectivity index (χ0) is 26.7. The lowest BCUT2D eigenvalue weighted by atomic mass is 9.68. The highest BCUT2D eigenvalue weighted by molar-refractivity contribution is 6.63. The van der Waals surface area contributed by atoms with Crippen LogP contribution in [-0.2, 0) is 19.6 Å². The molecule has 1 fully saturated rings. The number of halogens is 1. The van der Waals surface area contributed by atoms with Crippen molar-refractivity contribution in [2.45, 2.75) is 90.6 Å². The normalized spacial score (nSPS) is 24.3. The van der Waals surface area contributed by atoms with Crippen molar-refractivity contribution in [3.05, 3.63) is 58.9 Å². The summed E-state index contributed by atoms with van der Waals surface area (Å²) in [5, 5.41) is 2.89. The van der Waals surface area contributed by atoms with Gasteiger partial charge in [-0.05, 0) is 72.0 Å². The molecule has 0 spiro atoms. The van der Waals surface area contributed by atoms with Crippen LogP contribution in [0.3, 0.4) is 0 Å².